The summed E-state index contributed by atoms with van der Waals surface area (Å²) in [6.07, 6.45) is 0.0514. The van der Waals surface area contributed by atoms with Crippen LogP contribution in [0.1, 0.15) is 23.6 Å². The minimum absolute atomic E-state index is 0.0209. The largest absolute Gasteiger partial charge is 0.337 e. The number of carbonyl (C=O) groups is 2. The van der Waals surface area contributed by atoms with Gasteiger partial charge < -0.3 is 10.3 Å². The molecule has 0 unspecified atom stereocenters. The van der Waals surface area contributed by atoms with E-state index < -0.39 is 6.03 Å². The molecule has 0 atom stereocenters. The molecular weight excluding hydrogens is 328 g/mol. The highest BCUT2D eigenvalue weighted by Crippen LogP contribution is 1.97. The first kappa shape index (κ1) is 18.0. The molecule has 0 spiro atoms. The summed E-state index contributed by atoms with van der Waals surface area (Å²) in [5, 5.41) is 4.86. The van der Waals surface area contributed by atoms with Gasteiger partial charge in [-0.2, -0.15) is 0 Å². The van der Waals surface area contributed by atoms with Crippen LogP contribution in [0.3, 0.4) is 0 Å². The summed E-state index contributed by atoms with van der Waals surface area (Å²) in [5.74, 6) is 0.132. The minimum Gasteiger partial charge on any atom is -0.337 e. The lowest BCUT2D eigenvalue weighted by Crippen LogP contribution is -2.32. The summed E-state index contributed by atoms with van der Waals surface area (Å²) in [4.78, 5) is 59.1. The van der Waals surface area contributed by atoms with Crippen molar-refractivity contribution >= 4 is 17.8 Å². The molecule has 0 aliphatic carbocycles. The maximum absolute atomic E-state index is 11.9. The standard InChI is InChI=1S/C15H18N6O4/c1-8-5-12(23)19-11(17-8)7-10(22)3-4-16-15(25)21-14-18-9(2)6-13(24)20-14/h5-6H,3-4,7H2,1-2H3,(H,17,19,23)(H3,16,18,20,21,24,25). The minimum atomic E-state index is -0.594. The van der Waals surface area contributed by atoms with Gasteiger partial charge in [0.25, 0.3) is 11.1 Å². The van der Waals surface area contributed by atoms with Gasteiger partial charge in [0.15, 0.2) is 0 Å². The van der Waals surface area contributed by atoms with E-state index in [9.17, 15) is 19.2 Å². The van der Waals surface area contributed by atoms with E-state index in [0.717, 1.165) is 0 Å². The summed E-state index contributed by atoms with van der Waals surface area (Å²) in [6.45, 7) is 3.39. The first-order valence-corrected chi connectivity index (χ1v) is 7.53. The summed E-state index contributed by atoms with van der Waals surface area (Å²) in [5.41, 5.74) is 0.308. The number of Topliss-reactive ketones (excluding diaryl/α,β-unsaturated/α-hetero) is 1. The van der Waals surface area contributed by atoms with Crippen molar-refractivity contribution in [1.29, 1.82) is 0 Å². The molecule has 0 saturated carbocycles. The van der Waals surface area contributed by atoms with E-state index in [4.69, 9.17) is 0 Å². The fourth-order valence-electron chi connectivity index (χ4n) is 2.11. The highest BCUT2D eigenvalue weighted by Gasteiger charge is 2.09. The molecule has 0 radical (unpaired) electrons. The van der Waals surface area contributed by atoms with Gasteiger partial charge in [0.05, 0.1) is 6.42 Å². The van der Waals surface area contributed by atoms with Crippen LogP contribution in [0.2, 0.25) is 0 Å². The number of carbonyl (C=O) groups excluding carboxylic acids is 2. The molecule has 0 saturated heterocycles. The number of nitrogens with zero attached hydrogens (tertiary/aromatic N) is 2. The lowest BCUT2D eigenvalue weighted by molar-refractivity contribution is -0.118. The Morgan fingerprint density at radius 3 is 2.32 bits per heavy atom. The number of nitrogens with one attached hydrogen (secondary N) is 4. The molecule has 25 heavy (non-hydrogen) atoms. The van der Waals surface area contributed by atoms with Crippen LogP contribution in [0.5, 0.6) is 0 Å². The fourth-order valence-corrected chi connectivity index (χ4v) is 2.11. The molecule has 10 heteroatoms. The van der Waals surface area contributed by atoms with E-state index in [1.165, 1.54) is 12.1 Å². The van der Waals surface area contributed by atoms with Gasteiger partial charge in [0.2, 0.25) is 5.95 Å². The first-order chi connectivity index (χ1) is 11.8. The molecule has 0 aliphatic rings. The van der Waals surface area contributed by atoms with E-state index in [-0.39, 0.29) is 42.2 Å². The van der Waals surface area contributed by atoms with E-state index in [1.807, 2.05) is 0 Å². The smallest absolute Gasteiger partial charge is 0.321 e. The summed E-state index contributed by atoms with van der Waals surface area (Å²) in [6, 6.07) is 2.04. The lowest BCUT2D eigenvalue weighted by Gasteiger charge is -2.07. The number of amides is 2. The normalized spacial score (nSPS) is 10.3. The van der Waals surface area contributed by atoms with Crippen LogP contribution in [0, 0.1) is 13.8 Å². The molecular formula is C15H18N6O4. The second kappa shape index (κ2) is 7.99. The van der Waals surface area contributed by atoms with E-state index in [2.05, 4.69) is 30.6 Å². The van der Waals surface area contributed by atoms with E-state index in [0.29, 0.717) is 17.2 Å². The third kappa shape index (κ3) is 6.01. The molecule has 2 aromatic rings. The number of urea groups is 1. The Labute approximate surface area is 142 Å². The van der Waals surface area contributed by atoms with Crippen LogP contribution in [0.15, 0.2) is 21.7 Å². The van der Waals surface area contributed by atoms with Crippen LogP contribution in [-0.2, 0) is 11.2 Å². The van der Waals surface area contributed by atoms with E-state index >= 15 is 0 Å². The predicted octanol–water partition coefficient (Wildman–Crippen LogP) is -0.207. The Kier molecular flexibility index (Phi) is 5.77. The van der Waals surface area contributed by atoms with Gasteiger partial charge in [-0.15, -0.1) is 0 Å². The monoisotopic (exact) mass is 346 g/mol. The molecule has 0 bridgehead atoms. The first-order valence-electron chi connectivity index (χ1n) is 7.53. The van der Waals surface area contributed by atoms with Crippen molar-refractivity contribution in [2.75, 3.05) is 11.9 Å². The topological polar surface area (TPSA) is 150 Å². The number of H-pyrrole nitrogens is 2. The van der Waals surface area contributed by atoms with Gasteiger partial charge in [-0.3, -0.25) is 24.7 Å². The van der Waals surface area contributed by atoms with Crippen molar-refractivity contribution in [3.8, 4) is 0 Å². The molecule has 2 rings (SSSR count). The molecule has 2 amide bonds. The zero-order valence-electron chi connectivity index (χ0n) is 13.8. The van der Waals surface area contributed by atoms with Crippen LogP contribution in [-0.4, -0.2) is 38.3 Å². The van der Waals surface area contributed by atoms with Gasteiger partial charge in [-0.05, 0) is 13.8 Å². The third-order valence-electron chi connectivity index (χ3n) is 3.07. The Hall–Kier alpha value is -3.30. The summed E-state index contributed by atoms with van der Waals surface area (Å²) >= 11 is 0. The number of aromatic nitrogens is 4. The van der Waals surface area contributed by atoms with Crippen molar-refractivity contribution in [2.45, 2.75) is 26.7 Å². The predicted molar refractivity (Wildman–Crippen MR) is 89.5 cm³/mol. The Balaban J connectivity index is 1.79. The Bertz CT molecular complexity index is 828. The zero-order chi connectivity index (χ0) is 18.4. The average molecular weight is 346 g/mol. The molecule has 0 fully saturated rings. The molecule has 4 N–H and O–H groups in total. The highest BCUT2D eigenvalue weighted by atomic mass is 16.2. The molecule has 10 nitrogen and oxygen atoms in total. The Morgan fingerprint density at radius 2 is 1.68 bits per heavy atom. The molecule has 2 aromatic heterocycles. The number of rotatable bonds is 6. The van der Waals surface area contributed by atoms with Gasteiger partial charge in [0.1, 0.15) is 11.6 Å². The molecule has 132 valence electrons. The number of aryl methyl sites for hydroxylation is 2. The molecule has 0 aliphatic heterocycles. The van der Waals surface area contributed by atoms with E-state index in [1.54, 1.807) is 13.8 Å². The van der Waals surface area contributed by atoms with Crippen molar-refractivity contribution in [3.05, 3.63) is 50.1 Å². The molecule has 2 heterocycles. The van der Waals surface area contributed by atoms with Crippen molar-refractivity contribution < 1.29 is 9.59 Å². The third-order valence-corrected chi connectivity index (χ3v) is 3.07. The van der Waals surface area contributed by atoms with Gasteiger partial charge in [0, 0.05) is 36.5 Å². The van der Waals surface area contributed by atoms with Crippen LogP contribution in [0.25, 0.3) is 0 Å². The van der Waals surface area contributed by atoms with Crippen molar-refractivity contribution in [2.24, 2.45) is 0 Å². The fraction of sp³-hybridized carbons (Fsp3) is 0.333. The second-order valence-corrected chi connectivity index (χ2v) is 5.42. The lowest BCUT2D eigenvalue weighted by atomic mass is 10.2. The van der Waals surface area contributed by atoms with Gasteiger partial charge >= 0.3 is 6.03 Å². The molecule has 0 aromatic carbocycles. The number of ketones is 1. The van der Waals surface area contributed by atoms with Crippen LogP contribution in [0.4, 0.5) is 10.7 Å². The number of hydrogen-bond donors (Lipinski definition) is 4. The zero-order valence-corrected chi connectivity index (χ0v) is 13.8. The summed E-state index contributed by atoms with van der Waals surface area (Å²) in [7, 11) is 0. The van der Waals surface area contributed by atoms with Gasteiger partial charge in [-0.1, -0.05) is 0 Å². The van der Waals surface area contributed by atoms with Crippen molar-refractivity contribution in [1.82, 2.24) is 25.3 Å². The number of anilines is 1. The maximum atomic E-state index is 11.9. The van der Waals surface area contributed by atoms with Crippen molar-refractivity contribution in [3.63, 3.8) is 0 Å². The van der Waals surface area contributed by atoms with Crippen LogP contribution >= 0.6 is 0 Å². The maximum Gasteiger partial charge on any atom is 0.321 e. The number of hydrogen-bond acceptors (Lipinski definition) is 6. The Morgan fingerprint density at radius 1 is 1.04 bits per heavy atom. The quantitative estimate of drug-likeness (QED) is 0.568. The highest BCUT2D eigenvalue weighted by molar-refractivity contribution is 5.88. The second-order valence-electron chi connectivity index (χ2n) is 5.42. The number of aromatic amines is 2. The van der Waals surface area contributed by atoms with Gasteiger partial charge in [-0.25, -0.2) is 14.8 Å². The summed E-state index contributed by atoms with van der Waals surface area (Å²) < 4.78 is 0. The average Bonchev–Trinajstić information content (AvgIpc) is 2.44. The van der Waals surface area contributed by atoms with Crippen LogP contribution < -0.4 is 21.8 Å². The SMILES string of the molecule is Cc1cc(=O)[nH]c(CC(=O)CCNC(=O)Nc2nc(C)cc(=O)[nH]2)n1.